The molecule has 0 aliphatic carbocycles. The summed E-state index contributed by atoms with van der Waals surface area (Å²) in [4.78, 5) is 0. The highest BCUT2D eigenvalue weighted by molar-refractivity contribution is 6.31. The van der Waals surface area contributed by atoms with Crippen molar-refractivity contribution in [3.63, 3.8) is 0 Å². The molecule has 4 nitrogen and oxygen atoms in total. The minimum Gasteiger partial charge on any atom is -0.378 e. The summed E-state index contributed by atoms with van der Waals surface area (Å²) < 4.78 is 7.32. The Bertz CT molecular complexity index is 327. The highest BCUT2D eigenvalue weighted by Gasteiger charge is 2.20. The second-order valence-corrected chi connectivity index (χ2v) is 4.73. The van der Waals surface area contributed by atoms with Crippen molar-refractivity contribution in [2.24, 2.45) is 12.8 Å². The van der Waals surface area contributed by atoms with E-state index in [0.717, 1.165) is 31.6 Å². The molecular weight excluding hydrogens is 226 g/mol. The smallest absolute Gasteiger partial charge is 0.0833 e. The van der Waals surface area contributed by atoms with Crippen molar-refractivity contribution < 1.29 is 4.74 Å². The second-order valence-electron chi connectivity index (χ2n) is 4.32. The molecule has 2 N–H and O–H groups in total. The van der Waals surface area contributed by atoms with Crippen molar-refractivity contribution in [1.29, 1.82) is 0 Å². The lowest BCUT2D eigenvalue weighted by atomic mass is 10.0. The molecule has 90 valence electrons. The number of hydrogen-bond donors (Lipinski definition) is 1. The van der Waals surface area contributed by atoms with Crippen LogP contribution in [-0.2, 0) is 11.8 Å². The van der Waals surface area contributed by atoms with Crippen LogP contribution in [0.4, 0.5) is 0 Å². The van der Waals surface area contributed by atoms with Crippen LogP contribution in [0.5, 0.6) is 0 Å². The Balaban J connectivity index is 1.89. The van der Waals surface area contributed by atoms with Crippen LogP contribution in [0.3, 0.4) is 0 Å². The van der Waals surface area contributed by atoms with Crippen LogP contribution in [0.15, 0.2) is 6.20 Å². The lowest BCUT2D eigenvalue weighted by Gasteiger charge is -2.15. The number of nitrogens with two attached hydrogens (primary N) is 1. The largest absolute Gasteiger partial charge is 0.378 e. The van der Waals surface area contributed by atoms with Gasteiger partial charge in [-0.3, -0.25) is 4.68 Å². The molecule has 2 atom stereocenters. The van der Waals surface area contributed by atoms with E-state index in [1.807, 2.05) is 7.05 Å². The van der Waals surface area contributed by atoms with Gasteiger partial charge >= 0.3 is 0 Å². The zero-order valence-corrected chi connectivity index (χ0v) is 10.3. The fourth-order valence-electron chi connectivity index (χ4n) is 2.21. The van der Waals surface area contributed by atoms with E-state index in [-0.39, 0.29) is 6.04 Å². The van der Waals surface area contributed by atoms with Crippen molar-refractivity contribution in [3.8, 4) is 0 Å². The van der Waals surface area contributed by atoms with E-state index in [0.29, 0.717) is 11.1 Å². The van der Waals surface area contributed by atoms with E-state index in [1.54, 1.807) is 10.9 Å². The average Bonchev–Trinajstić information content (AvgIpc) is 2.86. The van der Waals surface area contributed by atoms with Gasteiger partial charge in [0, 0.05) is 19.7 Å². The van der Waals surface area contributed by atoms with E-state index in [2.05, 4.69) is 5.10 Å². The predicted molar refractivity (Wildman–Crippen MR) is 63.4 cm³/mol. The van der Waals surface area contributed by atoms with Gasteiger partial charge in [0.05, 0.1) is 23.0 Å². The fraction of sp³-hybridized carbons (Fsp3) is 0.727. The molecule has 0 saturated carbocycles. The Hall–Kier alpha value is -0.580. The first kappa shape index (κ1) is 11.9. The molecule has 16 heavy (non-hydrogen) atoms. The van der Waals surface area contributed by atoms with E-state index < -0.39 is 0 Å². The lowest BCUT2D eigenvalue weighted by Crippen LogP contribution is -2.17. The van der Waals surface area contributed by atoms with Crippen LogP contribution in [0.1, 0.15) is 37.4 Å². The molecular formula is C11H18ClN3O. The molecule has 2 rings (SSSR count). The summed E-state index contributed by atoms with van der Waals surface area (Å²) in [6.45, 7) is 0.895. The quantitative estimate of drug-likeness (QED) is 0.881. The summed E-state index contributed by atoms with van der Waals surface area (Å²) in [6, 6.07) is -0.0517. The monoisotopic (exact) mass is 243 g/mol. The Morgan fingerprint density at radius 2 is 2.56 bits per heavy atom. The first-order valence-corrected chi connectivity index (χ1v) is 6.11. The molecule has 1 aromatic rings. The molecule has 0 amide bonds. The van der Waals surface area contributed by atoms with E-state index >= 15 is 0 Å². The standard InChI is InChI=1S/C11H18ClN3O/c1-15-11(9(12)7-14-15)10(13)5-4-8-3-2-6-16-8/h7-8,10H,2-6,13H2,1H3. The molecule has 0 radical (unpaired) electrons. The molecule has 0 bridgehead atoms. The van der Waals surface area contributed by atoms with Crippen LogP contribution >= 0.6 is 11.6 Å². The van der Waals surface area contributed by atoms with Gasteiger partial charge < -0.3 is 10.5 Å². The molecule has 2 unspecified atom stereocenters. The molecule has 1 aromatic heterocycles. The van der Waals surface area contributed by atoms with E-state index in [4.69, 9.17) is 22.1 Å². The Kier molecular flexibility index (Phi) is 3.84. The first-order chi connectivity index (χ1) is 7.68. The molecule has 0 aromatic carbocycles. The maximum Gasteiger partial charge on any atom is 0.0833 e. The normalized spacial score (nSPS) is 22.6. The van der Waals surface area contributed by atoms with Crippen molar-refractivity contribution >= 4 is 11.6 Å². The number of aryl methyl sites for hydroxylation is 1. The van der Waals surface area contributed by atoms with Gasteiger partial charge in [-0.1, -0.05) is 11.6 Å². The van der Waals surface area contributed by atoms with Gasteiger partial charge in [-0.25, -0.2) is 0 Å². The summed E-state index contributed by atoms with van der Waals surface area (Å²) >= 11 is 6.04. The minimum atomic E-state index is -0.0517. The first-order valence-electron chi connectivity index (χ1n) is 5.73. The Morgan fingerprint density at radius 3 is 3.12 bits per heavy atom. The third-order valence-electron chi connectivity index (χ3n) is 3.11. The van der Waals surface area contributed by atoms with E-state index in [9.17, 15) is 0 Å². The summed E-state index contributed by atoms with van der Waals surface area (Å²) in [5.74, 6) is 0. The second kappa shape index (κ2) is 5.17. The SMILES string of the molecule is Cn1ncc(Cl)c1C(N)CCC1CCCO1. The van der Waals surface area contributed by atoms with Crippen molar-refractivity contribution in [1.82, 2.24) is 9.78 Å². The zero-order chi connectivity index (χ0) is 11.5. The van der Waals surface area contributed by atoms with Crippen LogP contribution < -0.4 is 5.73 Å². The van der Waals surface area contributed by atoms with Crippen LogP contribution in [0.25, 0.3) is 0 Å². The van der Waals surface area contributed by atoms with Gasteiger partial charge in [0.15, 0.2) is 0 Å². The number of aromatic nitrogens is 2. The Labute approximate surface area is 101 Å². The van der Waals surface area contributed by atoms with Gasteiger partial charge in [-0.05, 0) is 25.7 Å². The Morgan fingerprint density at radius 1 is 1.75 bits per heavy atom. The summed E-state index contributed by atoms with van der Waals surface area (Å²) in [5, 5.41) is 4.75. The van der Waals surface area contributed by atoms with Crippen LogP contribution in [-0.4, -0.2) is 22.5 Å². The molecule has 1 aliphatic heterocycles. The number of hydrogen-bond acceptors (Lipinski definition) is 3. The third kappa shape index (κ3) is 2.56. The zero-order valence-electron chi connectivity index (χ0n) is 9.53. The van der Waals surface area contributed by atoms with Crippen molar-refractivity contribution in [2.45, 2.75) is 37.8 Å². The summed E-state index contributed by atoms with van der Waals surface area (Å²) in [7, 11) is 1.87. The van der Waals surface area contributed by atoms with Gasteiger partial charge in [-0.15, -0.1) is 0 Å². The topological polar surface area (TPSA) is 53.1 Å². The van der Waals surface area contributed by atoms with Crippen LogP contribution in [0.2, 0.25) is 5.02 Å². The van der Waals surface area contributed by atoms with Gasteiger partial charge in [0.25, 0.3) is 0 Å². The van der Waals surface area contributed by atoms with Crippen molar-refractivity contribution in [2.75, 3.05) is 6.61 Å². The third-order valence-corrected chi connectivity index (χ3v) is 3.40. The maximum absolute atomic E-state index is 6.12. The number of nitrogens with zero attached hydrogens (tertiary/aromatic N) is 2. The predicted octanol–water partition coefficient (Wildman–Crippen LogP) is 2.03. The van der Waals surface area contributed by atoms with Crippen LogP contribution in [0, 0.1) is 0 Å². The molecule has 1 aliphatic rings. The van der Waals surface area contributed by atoms with Crippen molar-refractivity contribution in [3.05, 3.63) is 16.9 Å². The lowest BCUT2D eigenvalue weighted by molar-refractivity contribution is 0.100. The van der Waals surface area contributed by atoms with Gasteiger partial charge in [0.2, 0.25) is 0 Å². The number of rotatable bonds is 4. The highest BCUT2D eigenvalue weighted by Crippen LogP contribution is 2.26. The number of halogens is 1. The van der Waals surface area contributed by atoms with Gasteiger partial charge in [-0.2, -0.15) is 5.10 Å². The summed E-state index contributed by atoms with van der Waals surface area (Å²) in [6.07, 6.45) is 6.26. The molecule has 0 spiro atoms. The number of ether oxygens (including phenoxy) is 1. The molecule has 5 heteroatoms. The fourth-order valence-corrected chi connectivity index (χ4v) is 2.52. The highest BCUT2D eigenvalue weighted by atomic mass is 35.5. The van der Waals surface area contributed by atoms with Gasteiger partial charge in [0.1, 0.15) is 0 Å². The minimum absolute atomic E-state index is 0.0517. The molecule has 2 heterocycles. The maximum atomic E-state index is 6.12. The summed E-state index contributed by atoms with van der Waals surface area (Å²) in [5.41, 5.74) is 7.03. The van der Waals surface area contributed by atoms with E-state index in [1.165, 1.54) is 6.42 Å². The molecule has 1 fully saturated rings. The average molecular weight is 244 g/mol. The molecule has 1 saturated heterocycles.